The second-order valence-corrected chi connectivity index (χ2v) is 7.39. The maximum atomic E-state index is 12.4. The van der Waals surface area contributed by atoms with Crippen molar-refractivity contribution in [2.75, 3.05) is 10.0 Å². The van der Waals surface area contributed by atoms with E-state index in [-0.39, 0.29) is 4.90 Å². The van der Waals surface area contributed by atoms with E-state index in [2.05, 4.69) is 15.0 Å². The number of sulfonamides is 1. The fourth-order valence-corrected chi connectivity index (χ4v) is 3.35. The Morgan fingerprint density at radius 2 is 1.60 bits per heavy atom. The quantitative estimate of drug-likeness (QED) is 0.707. The van der Waals surface area contributed by atoms with Crippen molar-refractivity contribution in [3.8, 4) is 0 Å². The average molecular weight is 353 g/mol. The number of aromatic nitrogens is 1. The molecule has 0 bridgehead atoms. The van der Waals surface area contributed by atoms with Gasteiger partial charge in [-0.2, -0.15) is 0 Å². The zero-order valence-electron chi connectivity index (χ0n) is 13.8. The lowest BCUT2D eigenvalue weighted by molar-refractivity contribution is 0.601. The number of nitrogens with zero attached hydrogens (tertiary/aromatic N) is 1. The van der Waals surface area contributed by atoms with E-state index in [1.54, 1.807) is 48.8 Å². The Labute approximate surface area is 147 Å². The summed E-state index contributed by atoms with van der Waals surface area (Å²) < 4.78 is 27.3. The zero-order valence-corrected chi connectivity index (χ0v) is 14.6. The van der Waals surface area contributed by atoms with Gasteiger partial charge in [0.1, 0.15) is 0 Å². The lowest BCUT2D eigenvalue weighted by Gasteiger charge is -2.10. The van der Waals surface area contributed by atoms with Crippen LogP contribution in [0.5, 0.6) is 0 Å². The molecule has 25 heavy (non-hydrogen) atoms. The Bertz CT molecular complexity index is 923. The van der Waals surface area contributed by atoms with Crippen molar-refractivity contribution in [2.45, 2.75) is 18.4 Å². The fraction of sp³-hybridized carbons (Fsp3) is 0.105. The van der Waals surface area contributed by atoms with Gasteiger partial charge in [-0.05, 0) is 55.0 Å². The van der Waals surface area contributed by atoms with E-state index in [0.29, 0.717) is 12.2 Å². The second-order valence-electron chi connectivity index (χ2n) is 5.71. The first-order valence-electron chi connectivity index (χ1n) is 7.85. The van der Waals surface area contributed by atoms with Gasteiger partial charge in [-0.25, -0.2) is 8.42 Å². The summed E-state index contributed by atoms with van der Waals surface area (Å²) >= 11 is 0. The molecule has 3 rings (SSSR count). The summed E-state index contributed by atoms with van der Waals surface area (Å²) in [6, 6.07) is 17.8. The molecule has 0 aliphatic carbocycles. The number of hydrogen-bond acceptors (Lipinski definition) is 4. The molecule has 2 aromatic carbocycles. The van der Waals surface area contributed by atoms with Crippen LogP contribution >= 0.6 is 0 Å². The highest BCUT2D eigenvalue weighted by molar-refractivity contribution is 7.92. The van der Waals surface area contributed by atoms with Crippen molar-refractivity contribution in [2.24, 2.45) is 0 Å². The lowest BCUT2D eigenvalue weighted by atomic mass is 10.2. The van der Waals surface area contributed by atoms with Crippen LogP contribution in [0.3, 0.4) is 0 Å². The molecule has 0 atom stereocenters. The van der Waals surface area contributed by atoms with E-state index in [1.807, 2.05) is 31.2 Å². The standard InChI is InChI=1S/C19H19N3O2S/c1-15-4-10-19(11-5-15)25(23,24)22-18-8-6-17(7-9-18)21-14-16-3-2-12-20-13-16/h2-13,21-22H,14H2,1H3. The number of pyridine rings is 1. The molecule has 128 valence electrons. The smallest absolute Gasteiger partial charge is 0.261 e. The minimum Gasteiger partial charge on any atom is -0.381 e. The molecule has 1 heterocycles. The van der Waals surface area contributed by atoms with Gasteiger partial charge < -0.3 is 5.32 Å². The third-order valence-corrected chi connectivity index (χ3v) is 5.09. The average Bonchev–Trinajstić information content (AvgIpc) is 2.62. The number of nitrogens with one attached hydrogen (secondary N) is 2. The van der Waals surface area contributed by atoms with Gasteiger partial charge in [0.15, 0.2) is 0 Å². The molecule has 0 aliphatic rings. The molecule has 6 heteroatoms. The molecule has 0 aliphatic heterocycles. The van der Waals surface area contributed by atoms with Crippen LogP contribution in [-0.2, 0) is 16.6 Å². The van der Waals surface area contributed by atoms with Crippen molar-refractivity contribution in [1.82, 2.24) is 4.98 Å². The molecule has 0 unspecified atom stereocenters. The van der Waals surface area contributed by atoms with Gasteiger partial charge in [0.2, 0.25) is 0 Å². The highest BCUT2D eigenvalue weighted by atomic mass is 32.2. The van der Waals surface area contributed by atoms with Crippen molar-refractivity contribution in [1.29, 1.82) is 0 Å². The molecule has 0 saturated heterocycles. The normalized spacial score (nSPS) is 11.1. The Hall–Kier alpha value is -2.86. The zero-order chi connectivity index (χ0) is 17.7. The van der Waals surface area contributed by atoms with Gasteiger partial charge in [-0.15, -0.1) is 0 Å². The van der Waals surface area contributed by atoms with Crippen LogP contribution in [0.25, 0.3) is 0 Å². The summed E-state index contributed by atoms with van der Waals surface area (Å²) in [4.78, 5) is 4.32. The molecule has 5 nitrogen and oxygen atoms in total. The van der Waals surface area contributed by atoms with Gasteiger partial charge in [0.25, 0.3) is 10.0 Å². The monoisotopic (exact) mass is 353 g/mol. The summed E-state index contributed by atoms with van der Waals surface area (Å²) in [5.74, 6) is 0. The largest absolute Gasteiger partial charge is 0.381 e. The Morgan fingerprint density at radius 1 is 0.920 bits per heavy atom. The maximum Gasteiger partial charge on any atom is 0.261 e. The first-order chi connectivity index (χ1) is 12.0. The van der Waals surface area contributed by atoms with E-state index in [1.165, 1.54) is 0 Å². The van der Waals surface area contributed by atoms with Crippen molar-refractivity contribution in [3.63, 3.8) is 0 Å². The van der Waals surface area contributed by atoms with E-state index >= 15 is 0 Å². The highest BCUT2D eigenvalue weighted by Crippen LogP contribution is 2.19. The molecular weight excluding hydrogens is 334 g/mol. The molecule has 1 aromatic heterocycles. The number of anilines is 2. The minimum absolute atomic E-state index is 0.247. The maximum absolute atomic E-state index is 12.4. The topological polar surface area (TPSA) is 71.1 Å². The SMILES string of the molecule is Cc1ccc(S(=O)(=O)Nc2ccc(NCc3cccnc3)cc2)cc1. The number of rotatable bonds is 6. The highest BCUT2D eigenvalue weighted by Gasteiger charge is 2.13. The van der Waals surface area contributed by atoms with Crippen LogP contribution < -0.4 is 10.0 Å². The van der Waals surface area contributed by atoms with E-state index in [9.17, 15) is 8.42 Å². The summed E-state index contributed by atoms with van der Waals surface area (Å²) in [5.41, 5.74) is 3.52. The van der Waals surface area contributed by atoms with Crippen molar-refractivity contribution in [3.05, 3.63) is 84.2 Å². The molecule has 3 aromatic rings. The fourth-order valence-electron chi connectivity index (χ4n) is 2.29. The molecular formula is C19H19N3O2S. The molecule has 0 fully saturated rings. The van der Waals surface area contributed by atoms with Crippen LogP contribution in [0.15, 0.2) is 78.0 Å². The van der Waals surface area contributed by atoms with Crippen molar-refractivity contribution >= 4 is 21.4 Å². The van der Waals surface area contributed by atoms with Crippen LogP contribution in [0.1, 0.15) is 11.1 Å². The van der Waals surface area contributed by atoms with E-state index in [4.69, 9.17) is 0 Å². The second kappa shape index (κ2) is 7.36. The summed E-state index contributed by atoms with van der Waals surface area (Å²) in [6.07, 6.45) is 3.54. The van der Waals surface area contributed by atoms with E-state index < -0.39 is 10.0 Å². The van der Waals surface area contributed by atoms with Gasteiger partial charge in [0, 0.05) is 30.3 Å². The molecule has 2 N–H and O–H groups in total. The molecule has 0 spiro atoms. The Morgan fingerprint density at radius 3 is 2.24 bits per heavy atom. The third-order valence-electron chi connectivity index (χ3n) is 3.69. The predicted octanol–water partition coefficient (Wildman–Crippen LogP) is 3.80. The van der Waals surface area contributed by atoms with Gasteiger partial charge in [0.05, 0.1) is 4.90 Å². The first-order valence-corrected chi connectivity index (χ1v) is 9.34. The first kappa shape index (κ1) is 17.0. The Kier molecular flexibility index (Phi) is 5.00. The number of hydrogen-bond donors (Lipinski definition) is 2. The number of aryl methyl sites for hydroxylation is 1. The molecule has 0 amide bonds. The van der Waals surface area contributed by atoms with Crippen molar-refractivity contribution < 1.29 is 8.42 Å². The van der Waals surface area contributed by atoms with Crippen LogP contribution in [0.4, 0.5) is 11.4 Å². The van der Waals surface area contributed by atoms with E-state index in [0.717, 1.165) is 16.8 Å². The minimum atomic E-state index is -3.58. The lowest BCUT2D eigenvalue weighted by Crippen LogP contribution is -2.12. The third kappa shape index (κ3) is 4.58. The summed E-state index contributed by atoms with van der Waals surface area (Å²) in [5, 5.41) is 3.27. The van der Waals surface area contributed by atoms with Gasteiger partial charge in [-0.3, -0.25) is 9.71 Å². The van der Waals surface area contributed by atoms with Gasteiger partial charge in [-0.1, -0.05) is 23.8 Å². The number of benzene rings is 2. The summed E-state index contributed by atoms with van der Waals surface area (Å²) in [7, 11) is -3.58. The summed E-state index contributed by atoms with van der Waals surface area (Å²) in [6.45, 7) is 2.57. The van der Waals surface area contributed by atoms with Gasteiger partial charge >= 0.3 is 0 Å². The van der Waals surface area contributed by atoms with Crippen LogP contribution in [-0.4, -0.2) is 13.4 Å². The Balaban J connectivity index is 1.65. The van der Waals surface area contributed by atoms with Crippen LogP contribution in [0, 0.1) is 6.92 Å². The predicted molar refractivity (Wildman–Crippen MR) is 100.0 cm³/mol. The molecule has 0 saturated carbocycles. The molecule has 0 radical (unpaired) electrons. The van der Waals surface area contributed by atoms with Crippen LogP contribution in [0.2, 0.25) is 0 Å².